The number of halogens is 2. The van der Waals surface area contributed by atoms with Gasteiger partial charge in [0.15, 0.2) is 0 Å². The molecule has 3 aromatic carbocycles. The SMILES string of the molecule is COc1ccc(Cl)cc1N(CC(=O)N/N=C/c1cc(C)n(-c2cccc(Br)c2)c1C)S(=O)(=O)c1ccccc1. The molecule has 0 aliphatic heterocycles. The number of benzene rings is 3. The first-order chi connectivity index (χ1) is 18.6. The zero-order valence-electron chi connectivity index (χ0n) is 21.4. The fraction of sp³-hybridized carbons (Fsp3) is 0.143. The van der Waals surface area contributed by atoms with Gasteiger partial charge < -0.3 is 9.30 Å². The second-order valence-electron chi connectivity index (χ2n) is 8.58. The van der Waals surface area contributed by atoms with Crippen molar-refractivity contribution in [2.24, 2.45) is 5.10 Å². The van der Waals surface area contributed by atoms with Crippen LogP contribution in [0.25, 0.3) is 5.69 Å². The van der Waals surface area contributed by atoms with Gasteiger partial charge in [-0.3, -0.25) is 9.10 Å². The van der Waals surface area contributed by atoms with Crippen molar-refractivity contribution in [3.8, 4) is 11.4 Å². The van der Waals surface area contributed by atoms with Crippen LogP contribution in [0, 0.1) is 13.8 Å². The van der Waals surface area contributed by atoms with Crippen molar-refractivity contribution in [1.82, 2.24) is 9.99 Å². The summed E-state index contributed by atoms with van der Waals surface area (Å²) in [6.45, 7) is 3.38. The predicted octanol–water partition coefficient (Wildman–Crippen LogP) is 5.86. The van der Waals surface area contributed by atoms with Crippen LogP contribution in [0.5, 0.6) is 5.75 Å². The molecule has 202 valence electrons. The molecule has 0 aliphatic carbocycles. The van der Waals surface area contributed by atoms with Gasteiger partial charge in [-0.25, -0.2) is 13.8 Å². The lowest BCUT2D eigenvalue weighted by Gasteiger charge is -2.25. The van der Waals surface area contributed by atoms with E-state index in [1.807, 2.05) is 44.2 Å². The number of carbonyl (C=O) groups excluding carboxylic acids is 1. The molecule has 4 aromatic rings. The van der Waals surface area contributed by atoms with Crippen LogP contribution in [-0.4, -0.2) is 38.8 Å². The molecule has 0 saturated carbocycles. The van der Waals surface area contributed by atoms with Crippen LogP contribution < -0.4 is 14.5 Å². The van der Waals surface area contributed by atoms with Crippen LogP contribution in [0.15, 0.2) is 93.3 Å². The molecule has 1 heterocycles. The minimum absolute atomic E-state index is 0.0170. The number of nitrogens with one attached hydrogen (secondary N) is 1. The van der Waals surface area contributed by atoms with Gasteiger partial charge in [0.05, 0.1) is 23.9 Å². The summed E-state index contributed by atoms with van der Waals surface area (Å²) in [5.74, 6) is -0.399. The molecule has 11 heteroatoms. The van der Waals surface area contributed by atoms with Crippen LogP contribution in [0.4, 0.5) is 5.69 Å². The Balaban J connectivity index is 1.60. The maximum absolute atomic E-state index is 13.6. The van der Waals surface area contributed by atoms with E-state index in [-0.39, 0.29) is 16.3 Å². The van der Waals surface area contributed by atoms with Crippen molar-refractivity contribution in [3.63, 3.8) is 0 Å². The number of aromatic nitrogens is 1. The molecule has 0 aliphatic rings. The number of anilines is 1. The Morgan fingerprint density at radius 1 is 1.08 bits per heavy atom. The Hall–Kier alpha value is -3.60. The van der Waals surface area contributed by atoms with Crippen molar-refractivity contribution in [1.29, 1.82) is 0 Å². The topological polar surface area (TPSA) is 93.0 Å². The smallest absolute Gasteiger partial charge is 0.264 e. The molecule has 8 nitrogen and oxygen atoms in total. The normalized spacial score (nSPS) is 11.5. The predicted molar refractivity (Wildman–Crippen MR) is 158 cm³/mol. The number of methoxy groups -OCH3 is 1. The van der Waals surface area contributed by atoms with Gasteiger partial charge in [-0.15, -0.1) is 0 Å². The number of carbonyl (C=O) groups is 1. The first-order valence-corrected chi connectivity index (χ1v) is 14.4. The van der Waals surface area contributed by atoms with Gasteiger partial charge >= 0.3 is 0 Å². The molecule has 1 aromatic heterocycles. The molecule has 4 rings (SSSR count). The summed E-state index contributed by atoms with van der Waals surface area (Å²) >= 11 is 9.68. The third-order valence-corrected chi connectivity index (χ3v) is 8.46. The molecule has 0 fully saturated rings. The van der Waals surface area contributed by atoms with E-state index >= 15 is 0 Å². The van der Waals surface area contributed by atoms with E-state index in [9.17, 15) is 13.2 Å². The van der Waals surface area contributed by atoms with Crippen molar-refractivity contribution in [3.05, 3.63) is 105 Å². The average molecular weight is 630 g/mol. The second-order valence-corrected chi connectivity index (χ2v) is 11.8. The lowest BCUT2D eigenvalue weighted by Crippen LogP contribution is -2.39. The van der Waals surface area contributed by atoms with Crippen LogP contribution in [0.2, 0.25) is 5.02 Å². The van der Waals surface area contributed by atoms with Crippen molar-refractivity contribution in [2.75, 3.05) is 18.0 Å². The van der Waals surface area contributed by atoms with Gasteiger partial charge in [0, 0.05) is 32.1 Å². The van der Waals surface area contributed by atoms with E-state index in [0.29, 0.717) is 5.02 Å². The summed E-state index contributed by atoms with van der Waals surface area (Å²) in [4.78, 5) is 13.0. The van der Waals surface area contributed by atoms with Crippen molar-refractivity contribution in [2.45, 2.75) is 18.7 Å². The van der Waals surface area contributed by atoms with Gasteiger partial charge in [0.1, 0.15) is 12.3 Å². The monoisotopic (exact) mass is 628 g/mol. The van der Waals surface area contributed by atoms with Gasteiger partial charge in [0.25, 0.3) is 15.9 Å². The van der Waals surface area contributed by atoms with Gasteiger partial charge in [0.2, 0.25) is 0 Å². The highest BCUT2D eigenvalue weighted by Gasteiger charge is 2.29. The first-order valence-electron chi connectivity index (χ1n) is 11.8. The van der Waals surface area contributed by atoms with E-state index in [2.05, 4.69) is 31.0 Å². The van der Waals surface area contributed by atoms with E-state index in [0.717, 1.165) is 31.4 Å². The standard InChI is InChI=1S/C28H26BrClN4O4S/c1-19-14-21(20(2)34(19)24-9-7-8-22(29)15-24)17-31-32-28(35)18-33(26-16-23(30)12-13-27(26)38-3)39(36,37)25-10-5-4-6-11-25/h4-17H,18H2,1-3H3,(H,32,35)/b31-17+. The molecule has 0 atom stereocenters. The minimum Gasteiger partial charge on any atom is -0.495 e. The highest BCUT2D eigenvalue weighted by atomic mass is 79.9. The lowest BCUT2D eigenvalue weighted by atomic mass is 10.2. The Morgan fingerprint density at radius 2 is 1.82 bits per heavy atom. The fourth-order valence-electron chi connectivity index (χ4n) is 4.15. The largest absolute Gasteiger partial charge is 0.495 e. The van der Waals surface area contributed by atoms with Gasteiger partial charge in [-0.2, -0.15) is 5.10 Å². The molecule has 0 bridgehead atoms. The summed E-state index contributed by atoms with van der Waals surface area (Å²) in [5.41, 5.74) is 6.29. The summed E-state index contributed by atoms with van der Waals surface area (Å²) in [6.07, 6.45) is 1.53. The van der Waals surface area contributed by atoms with Crippen LogP contribution in [-0.2, 0) is 14.8 Å². The Kier molecular flexibility index (Phi) is 8.79. The number of sulfonamides is 1. The summed E-state index contributed by atoms with van der Waals surface area (Å²) in [6, 6.07) is 22.3. The zero-order valence-corrected chi connectivity index (χ0v) is 24.6. The highest BCUT2D eigenvalue weighted by molar-refractivity contribution is 9.10. The molecular formula is C28H26BrClN4O4S. The van der Waals surface area contributed by atoms with Gasteiger partial charge in [-0.1, -0.05) is 51.8 Å². The summed E-state index contributed by atoms with van der Waals surface area (Å²) < 4.78 is 36.5. The lowest BCUT2D eigenvalue weighted by molar-refractivity contribution is -0.119. The molecule has 39 heavy (non-hydrogen) atoms. The van der Waals surface area contributed by atoms with Crippen LogP contribution in [0.1, 0.15) is 17.0 Å². The number of rotatable bonds is 9. The van der Waals surface area contributed by atoms with E-state index in [1.54, 1.807) is 30.3 Å². The average Bonchev–Trinajstić information content (AvgIpc) is 3.20. The molecule has 0 spiro atoms. The van der Waals surface area contributed by atoms with E-state index in [1.165, 1.54) is 31.5 Å². The molecule has 0 radical (unpaired) electrons. The number of hydrazone groups is 1. The summed E-state index contributed by atoms with van der Waals surface area (Å²) in [5, 5.41) is 4.39. The van der Waals surface area contributed by atoms with Crippen molar-refractivity contribution >= 4 is 55.4 Å². The number of ether oxygens (including phenoxy) is 1. The second kappa shape index (κ2) is 12.1. The van der Waals surface area contributed by atoms with E-state index < -0.39 is 22.5 Å². The Labute approximate surface area is 241 Å². The number of amides is 1. The quantitative estimate of drug-likeness (QED) is 0.185. The van der Waals surface area contributed by atoms with Crippen LogP contribution >= 0.6 is 27.5 Å². The van der Waals surface area contributed by atoms with Crippen molar-refractivity contribution < 1.29 is 17.9 Å². The summed E-state index contributed by atoms with van der Waals surface area (Å²) in [7, 11) is -2.73. The molecule has 1 amide bonds. The van der Waals surface area contributed by atoms with E-state index in [4.69, 9.17) is 16.3 Å². The fourth-order valence-corrected chi connectivity index (χ4v) is 6.15. The highest BCUT2D eigenvalue weighted by Crippen LogP contribution is 2.34. The molecule has 0 saturated heterocycles. The molecular weight excluding hydrogens is 604 g/mol. The molecule has 0 unspecified atom stereocenters. The van der Waals surface area contributed by atoms with Gasteiger partial charge in [-0.05, 0) is 68.4 Å². The number of aryl methyl sites for hydroxylation is 1. The number of hydrogen-bond donors (Lipinski definition) is 1. The molecule has 1 N–H and O–H groups in total. The third-order valence-electron chi connectivity index (χ3n) is 5.96. The zero-order chi connectivity index (χ0) is 28.2. The maximum Gasteiger partial charge on any atom is 0.264 e. The number of nitrogens with zero attached hydrogens (tertiary/aromatic N) is 3. The van der Waals surface area contributed by atoms with Crippen LogP contribution in [0.3, 0.4) is 0 Å². The minimum atomic E-state index is -4.14. The Bertz CT molecular complexity index is 1640. The third kappa shape index (κ3) is 6.35. The number of hydrogen-bond acceptors (Lipinski definition) is 5. The maximum atomic E-state index is 13.6. The Morgan fingerprint density at radius 3 is 2.51 bits per heavy atom. The first kappa shape index (κ1) is 28.4.